The van der Waals surface area contributed by atoms with Gasteiger partial charge in [-0.15, -0.1) is 0 Å². The van der Waals surface area contributed by atoms with Gasteiger partial charge in [-0.2, -0.15) is 0 Å². The van der Waals surface area contributed by atoms with Gasteiger partial charge in [-0.1, -0.05) is 30.3 Å². The third-order valence-electron chi connectivity index (χ3n) is 3.75. The number of hydrogen-bond donors (Lipinski definition) is 2. The molecule has 1 atom stereocenters. The molecule has 6 nitrogen and oxygen atoms in total. The van der Waals surface area contributed by atoms with Crippen molar-refractivity contribution in [2.75, 3.05) is 32.7 Å². The lowest BCUT2D eigenvalue weighted by Crippen LogP contribution is -2.51. The van der Waals surface area contributed by atoms with E-state index in [2.05, 4.69) is 4.90 Å². The highest BCUT2D eigenvalue weighted by atomic mass is 16.4. The lowest BCUT2D eigenvalue weighted by atomic mass is 10.1. The number of nitrogens with zero attached hydrogens (tertiary/aromatic N) is 2. The Balaban J connectivity index is 1.84. The Morgan fingerprint density at radius 1 is 1.14 bits per heavy atom. The molecule has 1 amide bonds. The van der Waals surface area contributed by atoms with Crippen LogP contribution in [-0.2, 0) is 9.59 Å². The Morgan fingerprint density at radius 3 is 2.33 bits per heavy atom. The van der Waals surface area contributed by atoms with Crippen LogP contribution in [0.3, 0.4) is 0 Å². The molecule has 1 aromatic rings. The van der Waals surface area contributed by atoms with Gasteiger partial charge in [0.2, 0.25) is 5.91 Å². The van der Waals surface area contributed by atoms with Crippen molar-refractivity contribution >= 4 is 11.9 Å². The summed E-state index contributed by atoms with van der Waals surface area (Å²) >= 11 is 0. The molecular weight excluding hydrogens is 270 g/mol. The summed E-state index contributed by atoms with van der Waals surface area (Å²) in [6.45, 7) is 3.11. The molecule has 114 valence electrons. The smallest absolute Gasteiger partial charge is 0.304 e. The fourth-order valence-electron chi connectivity index (χ4n) is 2.45. The van der Waals surface area contributed by atoms with Gasteiger partial charge in [0.05, 0.1) is 6.42 Å². The highest BCUT2D eigenvalue weighted by molar-refractivity contribution is 5.83. The predicted molar refractivity (Wildman–Crippen MR) is 78.6 cm³/mol. The third-order valence-corrected chi connectivity index (χ3v) is 3.75. The highest BCUT2D eigenvalue weighted by Gasteiger charge is 2.26. The van der Waals surface area contributed by atoms with Gasteiger partial charge in [0.15, 0.2) is 0 Å². The summed E-state index contributed by atoms with van der Waals surface area (Å²) in [7, 11) is 0. The van der Waals surface area contributed by atoms with Gasteiger partial charge in [-0.25, -0.2) is 0 Å². The van der Waals surface area contributed by atoms with Crippen molar-refractivity contribution in [2.24, 2.45) is 5.73 Å². The molecule has 21 heavy (non-hydrogen) atoms. The molecule has 0 bridgehead atoms. The molecule has 6 heteroatoms. The Kier molecular flexibility index (Phi) is 5.30. The molecule has 1 aliphatic rings. The molecular formula is C15H21N3O3. The summed E-state index contributed by atoms with van der Waals surface area (Å²) in [6.07, 6.45) is 0.136. The minimum atomic E-state index is -0.792. The number of rotatable bonds is 5. The normalized spacial score (nSPS) is 17.5. The van der Waals surface area contributed by atoms with Gasteiger partial charge in [-0.3, -0.25) is 14.5 Å². The number of piperazine rings is 1. The Hall–Kier alpha value is -1.92. The first-order chi connectivity index (χ1) is 10.1. The van der Waals surface area contributed by atoms with Crippen LogP contribution in [-0.4, -0.2) is 59.5 Å². The maximum Gasteiger partial charge on any atom is 0.304 e. The van der Waals surface area contributed by atoms with Gasteiger partial charge in [0.1, 0.15) is 6.04 Å². The standard InChI is InChI=1S/C15H21N3O3/c16-14(12-4-2-1-3-5-12)15(21)18-10-8-17(9-11-18)7-6-13(19)20/h1-5,14H,6-11,16H2,(H,19,20). The topological polar surface area (TPSA) is 86.9 Å². The summed E-state index contributed by atoms with van der Waals surface area (Å²) < 4.78 is 0. The van der Waals surface area contributed by atoms with E-state index in [1.807, 2.05) is 30.3 Å². The maximum absolute atomic E-state index is 12.4. The number of carboxylic acid groups (broad SMARTS) is 1. The lowest BCUT2D eigenvalue weighted by Gasteiger charge is -2.35. The van der Waals surface area contributed by atoms with Crippen LogP contribution >= 0.6 is 0 Å². The zero-order chi connectivity index (χ0) is 15.2. The van der Waals surface area contributed by atoms with E-state index < -0.39 is 12.0 Å². The SMILES string of the molecule is NC(C(=O)N1CCN(CCC(=O)O)CC1)c1ccccc1. The largest absolute Gasteiger partial charge is 0.481 e. The molecule has 1 heterocycles. The molecule has 0 spiro atoms. The van der Waals surface area contributed by atoms with Crippen molar-refractivity contribution in [3.63, 3.8) is 0 Å². The van der Waals surface area contributed by atoms with Crippen molar-refractivity contribution in [2.45, 2.75) is 12.5 Å². The monoisotopic (exact) mass is 291 g/mol. The fraction of sp³-hybridized carbons (Fsp3) is 0.467. The van der Waals surface area contributed by atoms with Gasteiger partial charge < -0.3 is 15.7 Å². The second-order valence-electron chi connectivity index (χ2n) is 5.20. The average Bonchev–Trinajstić information content (AvgIpc) is 2.53. The summed E-state index contributed by atoms with van der Waals surface area (Å²) in [6, 6.07) is 8.70. The zero-order valence-corrected chi connectivity index (χ0v) is 11.9. The predicted octanol–water partition coefficient (Wildman–Crippen LogP) is 0.305. The van der Waals surface area contributed by atoms with Crippen LogP contribution in [0, 0.1) is 0 Å². The van der Waals surface area contributed by atoms with E-state index in [9.17, 15) is 9.59 Å². The number of aliphatic carboxylic acids is 1. The molecule has 2 rings (SSSR count). The van der Waals surface area contributed by atoms with Crippen LogP contribution in [0.1, 0.15) is 18.0 Å². The molecule has 1 saturated heterocycles. The average molecular weight is 291 g/mol. The number of amides is 1. The van der Waals surface area contributed by atoms with Gasteiger partial charge in [0, 0.05) is 32.7 Å². The maximum atomic E-state index is 12.4. The molecule has 0 radical (unpaired) electrons. The molecule has 3 N–H and O–H groups in total. The molecule has 1 unspecified atom stereocenters. The molecule has 1 fully saturated rings. The second-order valence-corrected chi connectivity index (χ2v) is 5.20. The van der Waals surface area contributed by atoms with E-state index in [0.717, 1.165) is 5.56 Å². The Labute approximate surface area is 124 Å². The number of hydrogen-bond acceptors (Lipinski definition) is 4. The van der Waals surface area contributed by atoms with E-state index in [-0.39, 0.29) is 12.3 Å². The van der Waals surface area contributed by atoms with E-state index in [1.165, 1.54) is 0 Å². The van der Waals surface area contributed by atoms with Gasteiger partial charge in [-0.05, 0) is 5.56 Å². The van der Waals surface area contributed by atoms with Gasteiger partial charge >= 0.3 is 5.97 Å². The van der Waals surface area contributed by atoms with Crippen LogP contribution in [0.25, 0.3) is 0 Å². The van der Waals surface area contributed by atoms with Crippen molar-refractivity contribution in [3.8, 4) is 0 Å². The minimum Gasteiger partial charge on any atom is -0.481 e. The van der Waals surface area contributed by atoms with Crippen LogP contribution in [0.4, 0.5) is 0 Å². The zero-order valence-electron chi connectivity index (χ0n) is 11.9. The van der Waals surface area contributed by atoms with Crippen molar-refractivity contribution in [1.82, 2.24) is 9.80 Å². The quantitative estimate of drug-likeness (QED) is 0.815. The first-order valence-corrected chi connectivity index (χ1v) is 7.11. The lowest BCUT2D eigenvalue weighted by molar-refractivity contribution is -0.138. The molecule has 0 aliphatic carbocycles. The van der Waals surface area contributed by atoms with Crippen LogP contribution in [0.15, 0.2) is 30.3 Å². The van der Waals surface area contributed by atoms with Crippen LogP contribution in [0.2, 0.25) is 0 Å². The van der Waals surface area contributed by atoms with Crippen molar-refractivity contribution < 1.29 is 14.7 Å². The Morgan fingerprint density at radius 2 is 1.76 bits per heavy atom. The molecule has 0 saturated carbocycles. The second kappa shape index (κ2) is 7.19. The summed E-state index contributed by atoms with van der Waals surface area (Å²) in [5.41, 5.74) is 6.84. The molecule has 0 aromatic heterocycles. The van der Waals surface area contributed by atoms with Crippen molar-refractivity contribution in [1.29, 1.82) is 0 Å². The molecule has 1 aromatic carbocycles. The minimum absolute atomic E-state index is 0.0703. The summed E-state index contributed by atoms with van der Waals surface area (Å²) in [4.78, 5) is 26.7. The number of carboxylic acids is 1. The van der Waals surface area contributed by atoms with E-state index >= 15 is 0 Å². The van der Waals surface area contributed by atoms with E-state index in [1.54, 1.807) is 4.90 Å². The first kappa shape index (κ1) is 15.5. The first-order valence-electron chi connectivity index (χ1n) is 7.11. The third kappa shape index (κ3) is 4.27. The Bertz CT molecular complexity index is 484. The number of carbonyl (C=O) groups excluding carboxylic acids is 1. The van der Waals surface area contributed by atoms with Crippen LogP contribution in [0.5, 0.6) is 0 Å². The van der Waals surface area contributed by atoms with Gasteiger partial charge in [0.25, 0.3) is 0 Å². The fourth-order valence-corrected chi connectivity index (χ4v) is 2.45. The molecule has 1 aliphatic heterocycles. The van der Waals surface area contributed by atoms with Crippen molar-refractivity contribution in [3.05, 3.63) is 35.9 Å². The number of carbonyl (C=O) groups is 2. The summed E-state index contributed by atoms with van der Waals surface area (Å²) in [5.74, 6) is -0.862. The van der Waals surface area contributed by atoms with Crippen LogP contribution < -0.4 is 5.73 Å². The van der Waals surface area contributed by atoms with E-state index in [4.69, 9.17) is 10.8 Å². The van der Waals surface area contributed by atoms with E-state index in [0.29, 0.717) is 32.7 Å². The number of benzene rings is 1. The highest BCUT2D eigenvalue weighted by Crippen LogP contribution is 2.14. The number of nitrogens with two attached hydrogens (primary N) is 1. The summed E-state index contributed by atoms with van der Waals surface area (Å²) in [5, 5.41) is 8.68.